The summed E-state index contributed by atoms with van der Waals surface area (Å²) in [6.07, 6.45) is 10.8. The normalized spacial score (nSPS) is 27.5. The van der Waals surface area contributed by atoms with E-state index in [0.717, 1.165) is 17.9 Å². The Kier molecular flexibility index (Phi) is 6.34. The van der Waals surface area contributed by atoms with Crippen molar-refractivity contribution in [1.29, 1.82) is 0 Å². The summed E-state index contributed by atoms with van der Waals surface area (Å²) in [6, 6.07) is 9.73. The molecular weight excluding hydrogens is 324 g/mol. The van der Waals surface area contributed by atoms with Crippen molar-refractivity contribution < 1.29 is 9.90 Å². The smallest absolute Gasteiger partial charge is 0.224 e. The number of terminal acetylenes is 1. The van der Waals surface area contributed by atoms with E-state index in [0.29, 0.717) is 25.2 Å². The highest BCUT2D eigenvalue weighted by Crippen LogP contribution is 2.44. The molecule has 6 atom stereocenters. The Bertz CT molecular complexity index is 639. The van der Waals surface area contributed by atoms with Crippen LogP contribution in [0.25, 0.3) is 0 Å². The van der Waals surface area contributed by atoms with Crippen LogP contribution in [0.15, 0.2) is 30.3 Å². The van der Waals surface area contributed by atoms with Crippen LogP contribution in [0.4, 0.5) is 0 Å². The Morgan fingerprint density at radius 3 is 2.69 bits per heavy atom. The van der Waals surface area contributed by atoms with Crippen LogP contribution < -0.4 is 11.1 Å². The minimum Gasteiger partial charge on any atom is -0.391 e. The van der Waals surface area contributed by atoms with Gasteiger partial charge in [-0.25, -0.2) is 0 Å². The third-order valence-electron chi connectivity index (χ3n) is 6.14. The minimum atomic E-state index is -0.751. The maximum atomic E-state index is 12.7. The van der Waals surface area contributed by atoms with Gasteiger partial charge in [-0.05, 0) is 49.5 Å². The molecule has 140 valence electrons. The molecule has 2 aliphatic rings. The third-order valence-corrected chi connectivity index (χ3v) is 6.14. The van der Waals surface area contributed by atoms with E-state index in [1.54, 1.807) is 0 Å². The second-order valence-electron chi connectivity index (χ2n) is 8.05. The Morgan fingerprint density at radius 2 is 2.08 bits per heavy atom. The molecule has 1 amide bonds. The van der Waals surface area contributed by atoms with E-state index in [9.17, 15) is 9.90 Å². The first-order valence-electron chi connectivity index (χ1n) is 9.78. The van der Waals surface area contributed by atoms with Crippen molar-refractivity contribution in [1.82, 2.24) is 5.32 Å². The molecule has 2 saturated carbocycles. The van der Waals surface area contributed by atoms with Crippen LogP contribution in [0.3, 0.4) is 0 Å². The highest BCUT2D eigenvalue weighted by molar-refractivity contribution is 5.79. The summed E-state index contributed by atoms with van der Waals surface area (Å²) in [5.41, 5.74) is 7.26. The lowest BCUT2D eigenvalue weighted by Gasteiger charge is -2.27. The molecule has 0 saturated heterocycles. The zero-order valence-electron chi connectivity index (χ0n) is 15.3. The first kappa shape index (κ1) is 18.9. The number of aliphatic hydroxyl groups excluding tert-OH is 1. The first-order valence-corrected chi connectivity index (χ1v) is 9.78. The van der Waals surface area contributed by atoms with E-state index in [-0.39, 0.29) is 17.9 Å². The molecule has 3 unspecified atom stereocenters. The van der Waals surface area contributed by atoms with E-state index >= 15 is 0 Å². The standard InChI is InChI=1S/C22H30N2O2/c1-2-6-18(22(26)24-20-13-16-9-10-17(20)11-16)14-21(25)19(23)12-15-7-4-3-5-8-15/h1,3-5,7-8,16-21,25H,6,9-14,23H2,(H,24,26)/t16?,17?,18-,19+,20?,21+/m1/s1. The molecule has 4 N–H and O–H groups in total. The molecule has 1 aromatic carbocycles. The van der Waals surface area contributed by atoms with Gasteiger partial charge in [0.2, 0.25) is 5.91 Å². The van der Waals surface area contributed by atoms with Gasteiger partial charge in [0.25, 0.3) is 0 Å². The number of aliphatic hydroxyl groups is 1. The Hall–Kier alpha value is -1.83. The summed E-state index contributed by atoms with van der Waals surface area (Å²) in [5.74, 6) is 3.59. The zero-order valence-corrected chi connectivity index (χ0v) is 15.3. The average molecular weight is 354 g/mol. The Balaban J connectivity index is 1.53. The Morgan fingerprint density at radius 1 is 1.31 bits per heavy atom. The van der Waals surface area contributed by atoms with Crippen molar-refractivity contribution in [2.45, 2.75) is 63.1 Å². The maximum Gasteiger partial charge on any atom is 0.224 e. The largest absolute Gasteiger partial charge is 0.391 e. The number of amides is 1. The highest BCUT2D eigenvalue weighted by atomic mass is 16.3. The molecular formula is C22H30N2O2. The lowest BCUT2D eigenvalue weighted by atomic mass is 9.90. The third kappa shape index (κ3) is 4.66. The van der Waals surface area contributed by atoms with Crippen LogP contribution >= 0.6 is 0 Å². The van der Waals surface area contributed by atoms with E-state index < -0.39 is 12.1 Å². The number of benzene rings is 1. The van der Waals surface area contributed by atoms with Gasteiger partial charge in [-0.2, -0.15) is 0 Å². The van der Waals surface area contributed by atoms with E-state index in [1.165, 1.54) is 19.3 Å². The summed E-state index contributed by atoms with van der Waals surface area (Å²) < 4.78 is 0. The molecule has 26 heavy (non-hydrogen) atoms. The van der Waals surface area contributed by atoms with Crippen molar-refractivity contribution in [3.8, 4) is 12.3 Å². The van der Waals surface area contributed by atoms with E-state index in [2.05, 4.69) is 11.2 Å². The number of fused-ring (bicyclic) bond motifs is 2. The van der Waals surface area contributed by atoms with Gasteiger partial charge in [0.05, 0.1) is 12.0 Å². The monoisotopic (exact) mass is 354 g/mol. The molecule has 0 aromatic heterocycles. The van der Waals surface area contributed by atoms with Crippen LogP contribution in [-0.2, 0) is 11.2 Å². The molecule has 0 spiro atoms. The van der Waals surface area contributed by atoms with Crippen LogP contribution in [0, 0.1) is 30.1 Å². The molecule has 0 heterocycles. The predicted octanol–water partition coefficient (Wildman–Crippen LogP) is 2.25. The topological polar surface area (TPSA) is 75.3 Å². The van der Waals surface area contributed by atoms with Crippen molar-refractivity contribution in [3.63, 3.8) is 0 Å². The average Bonchev–Trinajstić information content (AvgIpc) is 3.25. The quantitative estimate of drug-likeness (QED) is 0.627. The van der Waals surface area contributed by atoms with E-state index in [1.807, 2.05) is 30.3 Å². The summed E-state index contributed by atoms with van der Waals surface area (Å²) in [6.45, 7) is 0. The number of hydrogen-bond donors (Lipinski definition) is 3. The maximum absolute atomic E-state index is 12.7. The van der Waals surface area contributed by atoms with Crippen molar-refractivity contribution in [3.05, 3.63) is 35.9 Å². The number of nitrogens with two attached hydrogens (primary N) is 1. The van der Waals surface area contributed by atoms with Crippen LogP contribution in [0.2, 0.25) is 0 Å². The van der Waals surface area contributed by atoms with Crippen molar-refractivity contribution >= 4 is 5.91 Å². The minimum absolute atomic E-state index is 0.0218. The highest BCUT2D eigenvalue weighted by Gasteiger charge is 2.40. The fourth-order valence-electron chi connectivity index (χ4n) is 4.64. The molecule has 2 fully saturated rings. The van der Waals surface area contributed by atoms with Gasteiger partial charge in [0.15, 0.2) is 0 Å². The van der Waals surface area contributed by atoms with Gasteiger partial charge < -0.3 is 16.2 Å². The summed E-state index contributed by atoms with van der Waals surface area (Å²) in [5, 5.41) is 13.7. The number of carbonyl (C=O) groups is 1. The predicted molar refractivity (Wildman–Crippen MR) is 103 cm³/mol. The van der Waals surface area contributed by atoms with Gasteiger partial charge in [-0.1, -0.05) is 36.8 Å². The second kappa shape index (κ2) is 8.70. The van der Waals surface area contributed by atoms with Gasteiger partial charge in [-0.15, -0.1) is 12.3 Å². The van der Waals surface area contributed by atoms with Crippen LogP contribution in [0.1, 0.15) is 44.1 Å². The van der Waals surface area contributed by atoms with Crippen LogP contribution in [-0.4, -0.2) is 29.2 Å². The number of rotatable bonds is 8. The molecule has 0 radical (unpaired) electrons. The van der Waals surface area contributed by atoms with Crippen molar-refractivity contribution in [2.75, 3.05) is 0 Å². The number of hydrogen-bond acceptors (Lipinski definition) is 3. The SMILES string of the molecule is C#CC[C@H](C[C@H](O)[C@@H](N)Cc1ccccc1)C(=O)NC1CC2CCC1C2. The van der Waals surface area contributed by atoms with Gasteiger partial charge in [-0.3, -0.25) is 4.79 Å². The van der Waals surface area contributed by atoms with Crippen molar-refractivity contribution in [2.24, 2.45) is 23.5 Å². The summed E-state index contributed by atoms with van der Waals surface area (Å²) in [7, 11) is 0. The summed E-state index contributed by atoms with van der Waals surface area (Å²) >= 11 is 0. The van der Waals surface area contributed by atoms with Gasteiger partial charge in [0, 0.05) is 18.5 Å². The lowest BCUT2D eigenvalue weighted by molar-refractivity contribution is -0.127. The number of carbonyl (C=O) groups excluding carboxylic acids is 1. The molecule has 4 nitrogen and oxygen atoms in total. The molecule has 1 aromatic rings. The fourth-order valence-corrected chi connectivity index (χ4v) is 4.64. The second-order valence-corrected chi connectivity index (χ2v) is 8.05. The fraction of sp³-hybridized carbons (Fsp3) is 0.591. The molecule has 2 bridgehead atoms. The van der Waals surface area contributed by atoms with Crippen LogP contribution in [0.5, 0.6) is 0 Å². The van der Waals surface area contributed by atoms with Gasteiger partial charge >= 0.3 is 0 Å². The molecule has 2 aliphatic carbocycles. The van der Waals surface area contributed by atoms with E-state index in [4.69, 9.17) is 12.2 Å². The molecule has 3 rings (SSSR count). The molecule has 0 aliphatic heterocycles. The zero-order chi connectivity index (χ0) is 18.5. The summed E-state index contributed by atoms with van der Waals surface area (Å²) in [4.78, 5) is 12.7. The Labute approximate surface area is 156 Å². The number of nitrogens with one attached hydrogen (secondary N) is 1. The first-order chi connectivity index (χ1) is 12.6. The lowest BCUT2D eigenvalue weighted by Crippen LogP contribution is -2.44. The van der Waals surface area contributed by atoms with Gasteiger partial charge in [0.1, 0.15) is 0 Å². The molecule has 4 heteroatoms.